The van der Waals surface area contributed by atoms with Gasteiger partial charge in [-0.1, -0.05) is 24.8 Å². The minimum absolute atomic E-state index is 0.0644. The van der Waals surface area contributed by atoms with Crippen molar-refractivity contribution in [1.29, 1.82) is 0 Å². The van der Waals surface area contributed by atoms with Gasteiger partial charge in [0, 0.05) is 0 Å². The molecule has 0 spiro atoms. The van der Waals surface area contributed by atoms with Crippen molar-refractivity contribution in [2.45, 2.75) is 44.8 Å². The highest BCUT2D eigenvalue weighted by molar-refractivity contribution is 7.99. The number of nitrogens with one attached hydrogen (secondary N) is 2. The predicted octanol–water partition coefficient (Wildman–Crippen LogP) is 1.12. The van der Waals surface area contributed by atoms with Gasteiger partial charge < -0.3 is 5.32 Å². The zero-order chi connectivity index (χ0) is 20.5. The van der Waals surface area contributed by atoms with Crippen LogP contribution in [-0.4, -0.2) is 54.4 Å². The number of urea groups is 1. The first kappa shape index (κ1) is 19.8. The van der Waals surface area contributed by atoms with Gasteiger partial charge >= 0.3 is 6.03 Å². The summed E-state index contributed by atoms with van der Waals surface area (Å²) in [5, 5.41) is 15.3. The van der Waals surface area contributed by atoms with Crippen LogP contribution in [-0.2, 0) is 9.59 Å². The van der Waals surface area contributed by atoms with Crippen LogP contribution in [0.5, 0.6) is 0 Å². The molecular formula is C17H21N7O3S. The van der Waals surface area contributed by atoms with Crippen molar-refractivity contribution in [2.24, 2.45) is 0 Å². The Balaban J connectivity index is 1.65. The average molecular weight is 403 g/mol. The van der Waals surface area contributed by atoms with Crippen LogP contribution in [0.15, 0.2) is 23.4 Å². The number of hydrogen-bond acceptors (Lipinski definition) is 7. The number of rotatable bonds is 6. The molecule has 0 aliphatic carbocycles. The number of imide groups is 1. The van der Waals surface area contributed by atoms with Crippen molar-refractivity contribution < 1.29 is 14.4 Å². The first-order valence-electron chi connectivity index (χ1n) is 8.70. The van der Waals surface area contributed by atoms with Crippen LogP contribution in [0.2, 0.25) is 0 Å². The average Bonchev–Trinajstić information content (AvgIpc) is 3.21. The highest BCUT2D eigenvalue weighted by Crippen LogP contribution is 2.21. The van der Waals surface area contributed by atoms with Gasteiger partial charge in [0.1, 0.15) is 5.54 Å². The van der Waals surface area contributed by atoms with E-state index in [0.717, 1.165) is 33.6 Å². The molecule has 0 unspecified atom stereocenters. The summed E-state index contributed by atoms with van der Waals surface area (Å²) in [4.78, 5) is 36.5. The summed E-state index contributed by atoms with van der Waals surface area (Å²) in [7, 11) is 0. The van der Waals surface area contributed by atoms with E-state index in [4.69, 9.17) is 0 Å². The number of aromatic nitrogens is 4. The van der Waals surface area contributed by atoms with E-state index in [1.165, 1.54) is 4.68 Å². The van der Waals surface area contributed by atoms with Gasteiger partial charge in [-0.3, -0.25) is 15.0 Å². The van der Waals surface area contributed by atoms with Gasteiger partial charge in [-0.25, -0.2) is 4.79 Å². The van der Waals surface area contributed by atoms with E-state index in [0.29, 0.717) is 11.6 Å². The summed E-state index contributed by atoms with van der Waals surface area (Å²) in [6.45, 7) is 7.40. The fraction of sp³-hybridized carbons (Fsp3) is 0.412. The zero-order valence-electron chi connectivity index (χ0n) is 16.0. The minimum Gasteiger partial charge on any atom is -0.322 e. The molecule has 148 valence electrons. The molecule has 2 N–H and O–H groups in total. The summed E-state index contributed by atoms with van der Waals surface area (Å²) in [6.07, 6.45) is 0.420. The van der Waals surface area contributed by atoms with Gasteiger partial charge in [-0.15, -0.1) is 5.10 Å². The molecule has 1 aromatic carbocycles. The number of tetrazole rings is 1. The number of thioether (sulfide) groups is 1. The van der Waals surface area contributed by atoms with Crippen LogP contribution < -0.4 is 10.7 Å². The number of amides is 4. The molecule has 1 aliphatic heterocycles. The second-order valence-corrected chi connectivity index (χ2v) is 7.66. The van der Waals surface area contributed by atoms with E-state index in [1.54, 1.807) is 13.8 Å². The van der Waals surface area contributed by atoms with Crippen LogP contribution in [0.25, 0.3) is 5.69 Å². The molecule has 1 atom stereocenters. The Bertz CT molecular complexity index is 945. The molecule has 1 aliphatic rings. The van der Waals surface area contributed by atoms with E-state index < -0.39 is 23.4 Å². The molecule has 2 aromatic rings. The fourth-order valence-electron chi connectivity index (χ4n) is 2.60. The molecule has 0 bridgehead atoms. The zero-order valence-corrected chi connectivity index (χ0v) is 16.8. The Morgan fingerprint density at radius 2 is 2.04 bits per heavy atom. The fourth-order valence-corrected chi connectivity index (χ4v) is 3.28. The van der Waals surface area contributed by atoms with Crippen molar-refractivity contribution in [3.8, 4) is 5.69 Å². The number of benzene rings is 1. The Hall–Kier alpha value is -2.95. The van der Waals surface area contributed by atoms with Crippen molar-refractivity contribution in [1.82, 2.24) is 36.0 Å². The quantitative estimate of drug-likeness (QED) is 0.547. The van der Waals surface area contributed by atoms with Crippen molar-refractivity contribution in [2.75, 3.05) is 5.75 Å². The van der Waals surface area contributed by atoms with Gasteiger partial charge in [-0.2, -0.15) is 9.69 Å². The molecule has 11 heteroatoms. The minimum atomic E-state index is -1.01. The number of hydrogen-bond donors (Lipinski definition) is 2. The normalized spacial score (nSPS) is 19.1. The van der Waals surface area contributed by atoms with E-state index in [-0.39, 0.29) is 5.75 Å². The molecule has 0 radical (unpaired) electrons. The molecule has 4 amide bonds. The summed E-state index contributed by atoms with van der Waals surface area (Å²) < 4.78 is 1.53. The number of nitrogens with zero attached hydrogens (tertiary/aromatic N) is 5. The predicted molar refractivity (Wildman–Crippen MR) is 102 cm³/mol. The summed E-state index contributed by atoms with van der Waals surface area (Å²) in [6, 6.07) is 5.17. The monoisotopic (exact) mass is 403 g/mol. The standard InChI is InChI=1S/C17H21N7O3S/c1-5-17(4)14(26)24(15(27)18-17)20-13(25)9-28-16-19-21-22-23(16)12-7-6-10(2)11(3)8-12/h6-8H,5,9H2,1-4H3,(H,18,27)(H,20,25)/t17-/m0/s1. The van der Waals surface area contributed by atoms with Gasteiger partial charge in [0.05, 0.1) is 11.4 Å². The topological polar surface area (TPSA) is 122 Å². The van der Waals surface area contributed by atoms with E-state index in [1.807, 2.05) is 32.0 Å². The van der Waals surface area contributed by atoms with Crippen molar-refractivity contribution in [3.63, 3.8) is 0 Å². The summed E-state index contributed by atoms with van der Waals surface area (Å²) in [5.74, 6) is -1.06. The lowest BCUT2D eigenvalue weighted by atomic mass is 10.00. The van der Waals surface area contributed by atoms with Crippen LogP contribution in [0, 0.1) is 13.8 Å². The number of hydrazine groups is 1. The van der Waals surface area contributed by atoms with Crippen molar-refractivity contribution in [3.05, 3.63) is 29.3 Å². The first-order valence-corrected chi connectivity index (χ1v) is 9.68. The van der Waals surface area contributed by atoms with E-state index in [9.17, 15) is 14.4 Å². The third kappa shape index (κ3) is 3.70. The number of carbonyl (C=O) groups is 3. The third-order valence-corrected chi connectivity index (χ3v) is 5.63. The van der Waals surface area contributed by atoms with E-state index >= 15 is 0 Å². The Kier molecular flexibility index (Phi) is 5.36. The van der Waals surface area contributed by atoms with Gasteiger partial charge in [0.2, 0.25) is 11.1 Å². The smallest absolute Gasteiger partial charge is 0.322 e. The van der Waals surface area contributed by atoms with Gasteiger partial charge in [-0.05, 0) is 60.9 Å². The van der Waals surface area contributed by atoms with Gasteiger partial charge in [0.15, 0.2) is 0 Å². The molecule has 10 nitrogen and oxygen atoms in total. The molecule has 1 saturated heterocycles. The molecule has 1 fully saturated rings. The molecule has 1 aromatic heterocycles. The van der Waals surface area contributed by atoms with Crippen LogP contribution in [0.3, 0.4) is 0 Å². The maximum Gasteiger partial charge on any atom is 0.344 e. The Morgan fingerprint density at radius 3 is 2.68 bits per heavy atom. The summed E-state index contributed by atoms with van der Waals surface area (Å²) in [5.41, 5.74) is 4.36. The van der Waals surface area contributed by atoms with Crippen molar-refractivity contribution >= 4 is 29.6 Å². The van der Waals surface area contributed by atoms with Crippen LogP contribution >= 0.6 is 11.8 Å². The second kappa shape index (κ2) is 7.58. The first-order chi connectivity index (χ1) is 13.2. The molecule has 3 rings (SSSR count). The summed E-state index contributed by atoms with van der Waals surface area (Å²) >= 11 is 1.10. The second-order valence-electron chi connectivity index (χ2n) is 6.72. The highest BCUT2D eigenvalue weighted by atomic mass is 32.2. The van der Waals surface area contributed by atoms with E-state index in [2.05, 4.69) is 26.3 Å². The Labute approximate surface area is 166 Å². The van der Waals surface area contributed by atoms with Gasteiger partial charge in [0.25, 0.3) is 5.91 Å². The molecule has 2 heterocycles. The highest BCUT2D eigenvalue weighted by Gasteiger charge is 2.47. The molecule has 28 heavy (non-hydrogen) atoms. The number of carbonyl (C=O) groups excluding carboxylic acids is 3. The maximum absolute atomic E-state index is 12.3. The third-order valence-electron chi connectivity index (χ3n) is 4.71. The lowest BCUT2D eigenvalue weighted by molar-refractivity contribution is -0.137. The maximum atomic E-state index is 12.3. The van der Waals surface area contributed by atoms with Crippen LogP contribution in [0.4, 0.5) is 4.79 Å². The largest absolute Gasteiger partial charge is 0.344 e. The lowest BCUT2D eigenvalue weighted by Gasteiger charge is -2.19. The SMILES string of the molecule is CC[C@]1(C)NC(=O)N(NC(=O)CSc2nnnn2-c2ccc(C)c(C)c2)C1=O. The number of aryl methyl sites for hydroxylation is 2. The van der Waals surface area contributed by atoms with Crippen LogP contribution in [0.1, 0.15) is 31.4 Å². The molecule has 0 saturated carbocycles. The Morgan fingerprint density at radius 1 is 1.29 bits per heavy atom. The molecular weight excluding hydrogens is 382 g/mol. The lowest BCUT2D eigenvalue weighted by Crippen LogP contribution is -2.49.